The monoisotopic (exact) mass is 385 g/mol. The molecule has 154 valence electrons. The summed E-state index contributed by atoms with van der Waals surface area (Å²) in [6, 6.07) is 2.14. The summed E-state index contributed by atoms with van der Waals surface area (Å²) in [5.74, 6) is 1.53. The van der Waals surface area contributed by atoms with Gasteiger partial charge in [0.2, 0.25) is 5.88 Å². The lowest BCUT2D eigenvalue weighted by Gasteiger charge is -2.21. The van der Waals surface area contributed by atoms with E-state index in [9.17, 15) is 0 Å². The third-order valence-electron chi connectivity index (χ3n) is 5.07. The van der Waals surface area contributed by atoms with Crippen LogP contribution in [0.3, 0.4) is 0 Å². The molecule has 2 rings (SSSR count). The van der Waals surface area contributed by atoms with Crippen LogP contribution in [0.15, 0.2) is 6.07 Å². The molecule has 0 aromatic carbocycles. The summed E-state index contributed by atoms with van der Waals surface area (Å²) in [6.07, 6.45) is 3.66. The molecule has 28 heavy (non-hydrogen) atoms. The standard InChI is InChI=1S/C22H35N5O/c1-8-15-12-19(27(6)7)24-14(5)20(15)21-17(11-4)26-22(18(13-23)25-21)28-16(9-2)10-3/h12,16H,8-11,13,23H2,1-7H3. The highest BCUT2D eigenvalue weighted by Gasteiger charge is 2.21. The van der Waals surface area contributed by atoms with Crippen LogP contribution in [0.4, 0.5) is 5.82 Å². The number of ether oxygens (including phenoxy) is 1. The molecule has 0 atom stereocenters. The van der Waals surface area contributed by atoms with Gasteiger partial charge >= 0.3 is 0 Å². The number of nitrogens with two attached hydrogens (primary N) is 1. The Kier molecular flexibility index (Phi) is 7.75. The number of hydrogen-bond acceptors (Lipinski definition) is 6. The maximum atomic E-state index is 6.13. The predicted octanol–water partition coefficient (Wildman–Crippen LogP) is 4.06. The van der Waals surface area contributed by atoms with E-state index in [-0.39, 0.29) is 6.10 Å². The van der Waals surface area contributed by atoms with Gasteiger partial charge in [-0.15, -0.1) is 0 Å². The summed E-state index contributed by atoms with van der Waals surface area (Å²) in [5, 5.41) is 0. The number of aryl methyl sites for hydroxylation is 3. The Morgan fingerprint density at radius 3 is 2.18 bits per heavy atom. The van der Waals surface area contributed by atoms with Gasteiger partial charge in [0.1, 0.15) is 11.5 Å². The maximum Gasteiger partial charge on any atom is 0.237 e. The summed E-state index contributed by atoms with van der Waals surface area (Å²) < 4.78 is 6.13. The molecule has 0 radical (unpaired) electrons. The molecule has 6 heteroatoms. The number of pyridine rings is 1. The number of anilines is 1. The van der Waals surface area contributed by atoms with Crippen LogP contribution in [0.1, 0.15) is 63.2 Å². The number of aromatic nitrogens is 3. The Hall–Kier alpha value is -2.21. The normalized spacial score (nSPS) is 11.2. The van der Waals surface area contributed by atoms with E-state index in [1.807, 2.05) is 25.9 Å². The van der Waals surface area contributed by atoms with Crippen LogP contribution >= 0.6 is 0 Å². The lowest BCUT2D eigenvalue weighted by Crippen LogP contribution is -2.19. The fourth-order valence-corrected chi connectivity index (χ4v) is 3.33. The van der Waals surface area contributed by atoms with E-state index in [0.29, 0.717) is 18.1 Å². The van der Waals surface area contributed by atoms with Crippen LogP contribution in [0.2, 0.25) is 0 Å². The van der Waals surface area contributed by atoms with Gasteiger partial charge in [-0.3, -0.25) is 0 Å². The highest BCUT2D eigenvalue weighted by atomic mass is 16.5. The molecule has 0 spiro atoms. The van der Waals surface area contributed by atoms with E-state index >= 15 is 0 Å². The second-order valence-corrected chi connectivity index (χ2v) is 7.23. The van der Waals surface area contributed by atoms with Crippen molar-refractivity contribution in [3.05, 3.63) is 28.7 Å². The number of hydrogen-bond donors (Lipinski definition) is 1. The van der Waals surface area contributed by atoms with Crippen LogP contribution in [-0.2, 0) is 19.4 Å². The van der Waals surface area contributed by atoms with E-state index < -0.39 is 0 Å². The third-order valence-corrected chi connectivity index (χ3v) is 5.07. The van der Waals surface area contributed by atoms with Crippen molar-refractivity contribution >= 4 is 5.82 Å². The summed E-state index contributed by atoms with van der Waals surface area (Å²) >= 11 is 0. The molecule has 2 heterocycles. The Balaban J connectivity index is 2.66. The summed E-state index contributed by atoms with van der Waals surface area (Å²) in [7, 11) is 4.02. The molecule has 2 aromatic heterocycles. The zero-order valence-electron chi connectivity index (χ0n) is 18.5. The van der Waals surface area contributed by atoms with Gasteiger partial charge in [0, 0.05) is 31.9 Å². The molecule has 2 N–H and O–H groups in total. The summed E-state index contributed by atoms with van der Waals surface area (Å²) in [4.78, 5) is 16.6. The largest absolute Gasteiger partial charge is 0.473 e. The molecule has 0 saturated carbocycles. The molecule has 2 aromatic rings. The molecule has 6 nitrogen and oxygen atoms in total. The van der Waals surface area contributed by atoms with Crippen LogP contribution in [0.25, 0.3) is 11.3 Å². The summed E-state index contributed by atoms with van der Waals surface area (Å²) in [6.45, 7) is 10.8. The van der Waals surface area contributed by atoms with Crippen molar-refractivity contribution in [2.24, 2.45) is 5.73 Å². The average Bonchev–Trinajstić information content (AvgIpc) is 2.70. The minimum Gasteiger partial charge on any atom is -0.473 e. The van der Waals surface area contributed by atoms with E-state index in [1.165, 1.54) is 5.56 Å². The van der Waals surface area contributed by atoms with E-state index in [2.05, 4.69) is 33.8 Å². The third kappa shape index (κ3) is 4.61. The maximum absolute atomic E-state index is 6.13. The van der Waals surface area contributed by atoms with Gasteiger partial charge in [0.25, 0.3) is 0 Å². The second-order valence-electron chi connectivity index (χ2n) is 7.23. The zero-order chi connectivity index (χ0) is 20.8. The highest BCUT2D eigenvalue weighted by Crippen LogP contribution is 2.32. The first-order chi connectivity index (χ1) is 13.4. The molecule has 0 amide bonds. The SMILES string of the molecule is CCc1cc(N(C)C)nc(C)c1-c1nc(CN)c(OC(CC)CC)nc1CC. The van der Waals surface area contributed by atoms with Gasteiger partial charge < -0.3 is 15.4 Å². The highest BCUT2D eigenvalue weighted by molar-refractivity contribution is 5.71. The zero-order valence-corrected chi connectivity index (χ0v) is 18.5. The van der Waals surface area contributed by atoms with Crippen molar-refractivity contribution in [1.29, 1.82) is 0 Å². The fraction of sp³-hybridized carbons (Fsp3) is 0.591. The first-order valence-electron chi connectivity index (χ1n) is 10.3. The van der Waals surface area contributed by atoms with Gasteiger partial charge in [0.05, 0.1) is 17.5 Å². The minimum atomic E-state index is 0.129. The van der Waals surface area contributed by atoms with Crippen molar-refractivity contribution in [2.75, 3.05) is 19.0 Å². The van der Waals surface area contributed by atoms with Gasteiger partial charge in [0.15, 0.2) is 0 Å². The first-order valence-corrected chi connectivity index (χ1v) is 10.3. The Labute approximate surface area is 169 Å². The Morgan fingerprint density at radius 1 is 1.00 bits per heavy atom. The smallest absolute Gasteiger partial charge is 0.237 e. The van der Waals surface area contributed by atoms with Crippen molar-refractivity contribution in [3.8, 4) is 17.1 Å². The molecule has 0 aliphatic heterocycles. The molecule has 0 aliphatic carbocycles. The quantitative estimate of drug-likeness (QED) is 0.701. The molecule has 0 fully saturated rings. The van der Waals surface area contributed by atoms with Crippen LogP contribution in [0.5, 0.6) is 5.88 Å². The molecular formula is C22H35N5O. The molecule has 0 bridgehead atoms. The molecule has 0 saturated heterocycles. The van der Waals surface area contributed by atoms with Crippen molar-refractivity contribution in [1.82, 2.24) is 15.0 Å². The van der Waals surface area contributed by atoms with E-state index in [0.717, 1.165) is 54.1 Å². The lowest BCUT2D eigenvalue weighted by atomic mass is 9.98. The van der Waals surface area contributed by atoms with E-state index in [4.69, 9.17) is 25.4 Å². The van der Waals surface area contributed by atoms with Gasteiger partial charge in [-0.2, -0.15) is 0 Å². The Bertz CT molecular complexity index is 800. The van der Waals surface area contributed by atoms with Gasteiger partial charge in [-0.1, -0.05) is 27.7 Å². The molecule has 0 unspecified atom stereocenters. The lowest BCUT2D eigenvalue weighted by molar-refractivity contribution is 0.181. The topological polar surface area (TPSA) is 77.2 Å². The second kappa shape index (κ2) is 9.82. The predicted molar refractivity (Wildman–Crippen MR) is 116 cm³/mol. The van der Waals surface area contributed by atoms with Crippen molar-refractivity contribution < 1.29 is 4.74 Å². The first kappa shape index (κ1) is 22.1. The fourth-order valence-electron chi connectivity index (χ4n) is 3.33. The van der Waals surface area contributed by atoms with Crippen molar-refractivity contribution in [3.63, 3.8) is 0 Å². The Morgan fingerprint density at radius 2 is 1.68 bits per heavy atom. The van der Waals surface area contributed by atoms with Crippen LogP contribution in [0, 0.1) is 6.92 Å². The van der Waals surface area contributed by atoms with Crippen molar-refractivity contribution in [2.45, 2.75) is 73.0 Å². The molecular weight excluding hydrogens is 350 g/mol. The minimum absolute atomic E-state index is 0.129. The van der Waals surface area contributed by atoms with Crippen LogP contribution < -0.4 is 15.4 Å². The number of nitrogens with zero attached hydrogens (tertiary/aromatic N) is 4. The molecule has 0 aliphatic rings. The van der Waals surface area contributed by atoms with Gasteiger partial charge in [-0.05, 0) is 44.2 Å². The number of rotatable bonds is 9. The average molecular weight is 386 g/mol. The van der Waals surface area contributed by atoms with Crippen LogP contribution in [-0.4, -0.2) is 35.2 Å². The van der Waals surface area contributed by atoms with Gasteiger partial charge in [-0.25, -0.2) is 15.0 Å². The van der Waals surface area contributed by atoms with E-state index in [1.54, 1.807) is 0 Å². The summed E-state index contributed by atoms with van der Waals surface area (Å²) in [5.41, 5.74) is 11.8.